The van der Waals surface area contributed by atoms with E-state index in [0.717, 1.165) is 5.56 Å². The third-order valence-electron chi connectivity index (χ3n) is 2.04. The van der Waals surface area contributed by atoms with Crippen LogP contribution in [0, 0.1) is 0 Å². The molecule has 0 fully saturated rings. The van der Waals surface area contributed by atoms with E-state index < -0.39 is 5.97 Å². The molecule has 1 aromatic carbocycles. The third kappa shape index (κ3) is 1.79. The second kappa shape index (κ2) is 4.00. The van der Waals surface area contributed by atoms with E-state index in [1.165, 1.54) is 13.2 Å². The van der Waals surface area contributed by atoms with Crippen LogP contribution in [-0.2, 0) is 11.2 Å². The van der Waals surface area contributed by atoms with Crippen LogP contribution in [0.4, 0.5) is 5.69 Å². The molecule has 0 atom stereocenters. The van der Waals surface area contributed by atoms with Crippen molar-refractivity contribution in [2.75, 3.05) is 12.8 Å². The summed E-state index contributed by atoms with van der Waals surface area (Å²) >= 11 is 0. The molecule has 0 radical (unpaired) electrons. The molecule has 0 saturated carbocycles. The quantitative estimate of drug-likeness (QED) is 0.424. The van der Waals surface area contributed by atoms with Crippen LogP contribution in [0.3, 0.4) is 0 Å². The SMILES string of the molecule is CCc1cc(O)cc(C(=O)OC)c1N. The highest BCUT2D eigenvalue weighted by atomic mass is 16.5. The Morgan fingerprint density at radius 1 is 1.57 bits per heavy atom. The molecule has 3 N–H and O–H groups in total. The summed E-state index contributed by atoms with van der Waals surface area (Å²) in [6.45, 7) is 1.90. The predicted octanol–water partition coefficient (Wildman–Crippen LogP) is 1.32. The number of phenols is 1. The minimum Gasteiger partial charge on any atom is -0.508 e. The van der Waals surface area contributed by atoms with Crippen LogP contribution in [0.1, 0.15) is 22.8 Å². The molecule has 0 unspecified atom stereocenters. The number of anilines is 1. The summed E-state index contributed by atoms with van der Waals surface area (Å²) in [5.41, 5.74) is 7.05. The van der Waals surface area contributed by atoms with E-state index in [4.69, 9.17) is 5.73 Å². The highest BCUT2D eigenvalue weighted by Gasteiger charge is 2.13. The maximum absolute atomic E-state index is 11.2. The van der Waals surface area contributed by atoms with Crippen LogP contribution in [0.15, 0.2) is 12.1 Å². The van der Waals surface area contributed by atoms with Gasteiger partial charge in [-0.05, 0) is 24.1 Å². The first-order valence-electron chi connectivity index (χ1n) is 4.29. The van der Waals surface area contributed by atoms with Crippen LogP contribution in [0.5, 0.6) is 5.75 Å². The van der Waals surface area contributed by atoms with Gasteiger partial charge in [0.2, 0.25) is 0 Å². The number of nitrogen functional groups attached to an aromatic ring is 1. The van der Waals surface area contributed by atoms with Gasteiger partial charge in [0.05, 0.1) is 12.7 Å². The van der Waals surface area contributed by atoms with Crippen molar-refractivity contribution in [3.63, 3.8) is 0 Å². The maximum Gasteiger partial charge on any atom is 0.340 e. The monoisotopic (exact) mass is 195 g/mol. The average Bonchev–Trinajstić information content (AvgIpc) is 2.19. The average molecular weight is 195 g/mol. The molecule has 0 aliphatic heterocycles. The molecule has 0 saturated heterocycles. The zero-order chi connectivity index (χ0) is 10.7. The van der Waals surface area contributed by atoms with Crippen molar-refractivity contribution in [1.82, 2.24) is 0 Å². The van der Waals surface area contributed by atoms with Crippen LogP contribution in [-0.4, -0.2) is 18.2 Å². The molecule has 0 aromatic heterocycles. The Kier molecular flexibility index (Phi) is 2.96. The molecule has 0 aliphatic rings. The first-order valence-corrected chi connectivity index (χ1v) is 4.29. The highest BCUT2D eigenvalue weighted by Crippen LogP contribution is 2.25. The van der Waals surface area contributed by atoms with E-state index in [1.54, 1.807) is 6.07 Å². The molecule has 76 valence electrons. The standard InChI is InChI=1S/C10H13NO3/c1-3-6-4-7(12)5-8(9(6)11)10(13)14-2/h4-5,12H,3,11H2,1-2H3. The Hall–Kier alpha value is -1.71. The van der Waals surface area contributed by atoms with Gasteiger partial charge in [-0.2, -0.15) is 0 Å². The molecule has 1 rings (SSSR count). The first kappa shape index (κ1) is 10.4. The zero-order valence-electron chi connectivity index (χ0n) is 8.20. The zero-order valence-corrected chi connectivity index (χ0v) is 8.20. The smallest absolute Gasteiger partial charge is 0.340 e. The van der Waals surface area contributed by atoms with Gasteiger partial charge in [0, 0.05) is 5.69 Å². The van der Waals surface area contributed by atoms with Crippen LogP contribution < -0.4 is 5.73 Å². The summed E-state index contributed by atoms with van der Waals surface area (Å²) in [7, 11) is 1.28. The lowest BCUT2D eigenvalue weighted by atomic mass is 10.0. The molecule has 14 heavy (non-hydrogen) atoms. The molecule has 4 nitrogen and oxygen atoms in total. The second-order valence-electron chi connectivity index (χ2n) is 2.91. The van der Waals surface area contributed by atoms with Gasteiger partial charge >= 0.3 is 5.97 Å². The number of phenolic OH excluding ortho intramolecular Hbond substituents is 1. The predicted molar refractivity (Wildman–Crippen MR) is 53.2 cm³/mol. The molecule has 0 amide bonds. The molecular formula is C10H13NO3. The summed E-state index contributed by atoms with van der Waals surface area (Å²) in [5, 5.41) is 9.33. The van der Waals surface area contributed by atoms with Crippen LogP contribution >= 0.6 is 0 Å². The van der Waals surface area contributed by atoms with Crippen molar-refractivity contribution in [2.24, 2.45) is 0 Å². The molecule has 1 aromatic rings. The molecule has 0 aliphatic carbocycles. The summed E-state index contributed by atoms with van der Waals surface area (Å²) in [6.07, 6.45) is 0.657. The number of aryl methyl sites for hydroxylation is 1. The number of methoxy groups -OCH3 is 1. The molecular weight excluding hydrogens is 182 g/mol. The van der Waals surface area contributed by atoms with Crippen molar-refractivity contribution in [3.8, 4) is 5.75 Å². The van der Waals surface area contributed by atoms with E-state index >= 15 is 0 Å². The van der Waals surface area contributed by atoms with E-state index in [1.807, 2.05) is 6.92 Å². The number of hydrogen-bond donors (Lipinski definition) is 2. The Morgan fingerprint density at radius 2 is 2.21 bits per heavy atom. The van der Waals surface area contributed by atoms with Gasteiger partial charge in [0.25, 0.3) is 0 Å². The van der Waals surface area contributed by atoms with Gasteiger partial charge in [-0.1, -0.05) is 6.92 Å². The van der Waals surface area contributed by atoms with Gasteiger partial charge in [-0.25, -0.2) is 4.79 Å². The summed E-state index contributed by atoms with van der Waals surface area (Å²) < 4.78 is 4.54. The largest absolute Gasteiger partial charge is 0.508 e. The number of ether oxygens (including phenoxy) is 1. The minimum absolute atomic E-state index is 0.0245. The third-order valence-corrected chi connectivity index (χ3v) is 2.04. The fraction of sp³-hybridized carbons (Fsp3) is 0.300. The van der Waals surface area contributed by atoms with Gasteiger partial charge in [-0.15, -0.1) is 0 Å². The minimum atomic E-state index is -0.534. The van der Waals surface area contributed by atoms with Gasteiger partial charge in [0.1, 0.15) is 5.75 Å². The Labute approximate surface area is 82.3 Å². The van der Waals surface area contributed by atoms with Crippen LogP contribution in [0.2, 0.25) is 0 Å². The van der Waals surface area contributed by atoms with Crippen molar-refractivity contribution >= 4 is 11.7 Å². The van der Waals surface area contributed by atoms with E-state index in [0.29, 0.717) is 12.1 Å². The van der Waals surface area contributed by atoms with E-state index in [2.05, 4.69) is 4.74 Å². The van der Waals surface area contributed by atoms with Gasteiger partial charge in [-0.3, -0.25) is 0 Å². The van der Waals surface area contributed by atoms with Gasteiger partial charge < -0.3 is 15.6 Å². The molecule has 0 heterocycles. The number of aromatic hydroxyl groups is 1. The van der Waals surface area contributed by atoms with Crippen molar-refractivity contribution in [2.45, 2.75) is 13.3 Å². The van der Waals surface area contributed by atoms with E-state index in [9.17, 15) is 9.90 Å². The summed E-state index contributed by atoms with van der Waals surface area (Å²) in [4.78, 5) is 11.2. The maximum atomic E-state index is 11.2. The number of carbonyl (C=O) groups is 1. The Balaban J connectivity index is 3.29. The van der Waals surface area contributed by atoms with Crippen molar-refractivity contribution < 1.29 is 14.6 Å². The lowest BCUT2D eigenvalue weighted by molar-refractivity contribution is 0.0601. The number of hydrogen-bond acceptors (Lipinski definition) is 4. The first-order chi connectivity index (χ1) is 6.60. The number of carbonyl (C=O) groups excluding carboxylic acids is 1. The normalized spacial score (nSPS) is 9.86. The van der Waals surface area contributed by atoms with Crippen LogP contribution in [0.25, 0.3) is 0 Å². The number of nitrogens with two attached hydrogens (primary N) is 1. The van der Waals surface area contributed by atoms with Gasteiger partial charge in [0.15, 0.2) is 0 Å². The highest BCUT2D eigenvalue weighted by molar-refractivity contribution is 5.96. The number of benzene rings is 1. The molecule has 4 heteroatoms. The number of esters is 1. The fourth-order valence-electron chi connectivity index (χ4n) is 1.27. The summed E-state index contributed by atoms with van der Waals surface area (Å²) in [6, 6.07) is 2.85. The van der Waals surface area contributed by atoms with E-state index in [-0.39, 0.29) is 11.3 Å². The fourth-order valence-corrected chi connectivity index (χ4v) is 1.27. The second-order valence-corrected chi connectivity index (χ2v) is 2.91. The Morgan fingerprint density at radius 3 is 2.71 bits per heavy atom. The molecule has 0 spiro atoms. The van der Waals surface area contributed by atoms with Crippen molar-refractivity contribution in [3.05, 3.63) is 23.3 Å². The van der Waals surface area contributed by atoms with Crippen molar-refractivity contribution in [1.29, 1.82) is 0 Å². The summed E-state index contributed by atoms with van der Waals surface area (Å²) in [5.74, 6) is -0.510. The molecule has 0 bridgehead atoms. The topological polar surface area (TPSA) is 72.5 Å². The lowest BCUT2D eigenvalue weighted by Crippen LogP contribution is -2.07. The number of rotatable bonds is 2. The lowest BCUT2D eigenvalue weighted by Gasteiger charge is -2.08. The Bertz CT molecular complexity index is 361.